The predicted molar refractivity (Wildman–Crippen MR) is 40.9 cm³/mol. The molecule has 0 saturated heterocycles. The molecule has 0 fully saturated rings. The van der Waals surface area contributed by atoms with Gasteiger partial charge in [-0.3, -0.25) is 9.13 Å². The smallest absolute Gasteiger partial charge is 0.338 e. The van der Waals surface area contributed by atoms with E-state index in [-0.39, 0.29) is 5.75 Å². The Kier molecular flexibility index (Phi) is 4.17. The number of hydrogen-bond acceptors (Lipinski definition) is 3. The quantitative estimate of drug-likeness (QED) is 0.381. The minimum atomic E-state index is -4.43. The molecule has 10 heavy (non-hydrogen) atoms. The average molecular weight is 206 g/mol. The van der Waals surface area contributed by atoms with Crippen molar-refractivity contribution in [2.75, 3.05) is 5.75 Å². The van der Waals surface area contributed by atoms with E-state index < -0.39 is 21.0 Å². The van der Waals surface area contributed by atoms with E-state index in [9.17, 15) is 9.13 Å². The van der Waals surface area contributed by atoms with E-state index in [4.69, 9.17) is 14.7 Å². The zero-order valence-corrected chi connectivity index (χ0v) is 7.63. The summed E-state index contributed by atoms with van der Waals surface area (Å²) in [5.41, 5.74) is 0. The molecule has 3 N–H and O–H groups in total. The molecule has 0 amide bonds. The van der Waals surface area contributed by atoms with Gasteiger partial charge in [0.25, 0.3) is 0 Å². The lowest BCUT2D eigenvalue weighted by Gasteiger charge is -2.11. The van der Waals surface area contributed by atoms with Crippen molar-refractivity contribution in [2.45, 2.75) is 5.40 Å². The molecule has 0 heterocycles. The molecule has 0 radical (unpaired) electrons. The van der Waals surface area contributed by atoms with Crippen molar-refractivity contribution in [1.82, 2.24) is 0 Å². The second-order valence-corrected chi connectivity index (χ2v) is 5.65. The van der Waals surface area contributed by atoms with Gasteiger partial charge in [0.2, 0.25) is 8.03 Å². The Labute approximate surface area is 63.9 Å². The van der Waals surface area contributed by atoms with E-state index in [1.807, 2.05) is 0 Å². The second kappa shape index (κ2) is 3.90. The van der Waals surface area contributed by atoms with E-state index in [1.165, 1.54) is 0 Å². The lowest BCUT2D eigenvalue weighted by Crippen LogP contribution is -2.04. The van der Waals surface area contributed by atoms with Gasteiger partial charge in [0.1, 0.15) is 5.40 Å². The van der Waals surface area contributed by atoms with Gasteiger partial charge in [-0.15, -0.1) is 0 Å². The molecule has 0 bridgehead atoms. The number of rotatable bonds is 3. The fraction of sp³-hybridized carbons (Fsp3) is 1.00. The van der Waals surface area contributed by atoms with Crippen molar-refractivity contribution >= 4 is 28.3 Å². The number of thiol groups is 1. The SMILES string of the molecule is O=[PH](O)C(CS)P(=O)(O)O. The third-order valence-electron chi connectivity index (χ3n) is 0.864. The molecular formula is C2H8O5P2S. The molecule has 0 saturated carbocycles. The van der Waals surface area contributed by atoms with Crippen LogP contribution < -0.4 is 0 Å². The van der Waals surface area contributed by atoms with Crippen LogP contribution >= 0.6 is 28.3 Å². The highest BCUT2D eigenvalue weighted by molar-refractivity contribution is 7.82. The summed E-state index contributed by atoms with van der Waals surface area (Å²) < 4.78 is 20.5. The van der Waals surface area contributed by atoms with Crippen molar-refractivity contribution in [3.8, 4) is 0 Å². The molecule has 0 aromatic heterocycles. The summed E-state index contributed by atoms with van der Waals surface area (Å²) in [6.45, 7) is 0. The van der Waals surface area contributed by atoms with Gasteiger partial charge in [0.05, 0.1) is 0 Å². The van der Waals surface area contributed by atoms with Gasteiger partial charge in [-0.1, -0.05) is 0 Å². The summed E-state index contributed by atoms with van der Waals surface area (Å²) in [5, 5.41) is -1.50. The molecule has 2 unspecified atom stereocenters. The highest BCUT2D eigenvalue weighted by Crippen LogP contribution is 2.51. The first-order valence-corrected chi connectivity index (χ1v) is 6.03. The predicted octanol–water partition coefficient (Wildman–Crippen LogP) is -0.113. The van der Waals surface area contributed by atoms with E-state index in [0.717, 1.165) is 0 Å². The van der Waals surface area contributed by atoms with Crippen molar-refractivity contribution in [3.63, 3.8) is 0 Å². The highest BCUT2D eigenvalue weighted by atomic mass is 32.1. The van der Waals surface area contributed by atoms with E-state index in [2.05, 4.69) is 12.6 Å². The van der Waals surface area contributed by atoms with Gasteiger partial charge in [0, 0.05) is 5.75 Å². The maximum Gasteiger partial charge on any atom is 0.338 e. The van der Waals surface area contributed by atoms with Gasteiger partial charge >= 0.3 is 7.60 Å². The summed E-state index contributed by atoms with van der Waals surface area (Å²) >= 11 is 3.52. The Bertz CT molecular complexity index is 174. The largest absolute Gasteiger partial charge is 0.346 e. The van der Waals surface area contributed by atoms with Crippen molar-refractivity contribution < 1.29 is 23.8 Å². The van der Waals surface area contributed by atoms with Crippen LogP contribution in [0.25, 0.3) is 0 Å². The van der Waals surface area contributed by atoms with Crippen LogP contribution in [0, 0.1) is 0 Å². The molecule has 8 heteroatoms. The third kappa shape index (κ3) is 3.19. The van der Waals surface area contributed by atoms with E-state index in [1.54, 1.807) is 0 Å². The Morgan fingerprint density at radius 2 is 2.00 bits per heavy atom. The minimum Gasteiger partial charge on any atom is -0.346 e. The fourth-order valence-corrected chi connectivity index (χ4v) is 2.95. The Morgan fingerprint density at radius 3 is 2.00 bits per heavy atom. The zero-order valence-electron chi connectivity index (χ0n) is 4.84. The Balaban J connectivity index is 4.38. The first-order valence-electron chi connectivity index (χ1n) is 2.28. The Hall–Kier alpha value is 0.690. The van der Waals surface area contributed by atoms with Crippen LogP contribution in [-0.2, 0) is 9.13 Å². The van der Waals surface area contributed by atoms with Crippen LogP contribution in [0.2, 0.25) is 0 Å². The molecule has 0 aliphatic rings. The fourth-order valence-electron chi connectivity index (χ4n) is 0.328. The van der Waals surface area contributed by atoms with Gasteiger partial charge in [-0.05, 0) is 0 Å². The summed E-state index contributed by atoms with van der Waals surface area (Å²) in [5.74, 6) is -0.279. The van der Waals surface area contributed by atoms with Crippen LogP contribution in [0.3, 0.4) is 0 Å². The highest BCUT2D eigenvalue weighted by Gasteiger charge is 2.31. The number of hydrogen-bond donors (Lipinski definition) is 4. The van der Waals surface area contributed by atoms with Crippen LogP contribution in [0.1, 0.15) is 0 Å². The van der Waals surface area contributed by atoms with Crippen molar-refractivity contribution in [3.05, 3.63) is 0 Å². The molecule has 0 aliphatic heterocycles. The standard InChI is InChI=1S/C2H8O5P2S/c3-8(4)2(1-10)9(5,6)7/h2,8,10H,1H2,(H,3,4)(H2,5,6,7). The van der Waals surface area contributed by atoms with Crippen molar-refractivity contribution in [1.29, 1.82) is 0 Å². The van der Waals surface area contributed by atoms with Gasteiger partial charge in [-0.2, -0.15) is 12.6 Å². The molecule has 5 nitrogen and oxygen atoms in total. The average Bonchev–Trinajstić information content (AvgIpc) is 1.60. The van der Waals surface area contributed by atoms with Crippen LogP contribution in [0.5, 0.6) is 0 Å². The van der Waals surface area contributed by atoms with Crippen LogP contribution in [-0.4, -0.2) is 25.8 Å². The lowest BCUT2D eigenvalue weighted by atomic mass is 10.9. The molecule has 2 atom stereocenters. The van der Waals surface area contributed by atoms with E-state index >= 15 is 0 Å². The van der Waals surface area contributed by atoms with Crippen LogP contribution in [0.15, 0.2) is 0 Å². The maximum atomic E-state index is 10.3. The summed E-state index contributed by atoms with van der Waals surface area (Å²) in [6.07, 6.45) is 0. The van der Waals surface area contributed by atoms with Gasteiger partial charge in [-0.25, -0.2) is 0 Å². The normalized spacial score (nSPS) is 18.4. The first-order chi connectivity index (χ1) is 4.39. The topological polar surface area (TPSA) is 94.8 Å². The summed E-state index contributed by atoms with van der Waals surface area (Å²) in [6, 6.07) is 0. The zero-order chi connectivity index (χ0) is 8.36. The van der Waals surface area contributed by atoms with Gasteiger partial charge in [0.15, 0.2) is 0 Å². The summed E-state index contributed by atoms with van der Waals surface area (Å²) in [4.78, 5) is 25.1. The van der Waals surface area contributed by atoms with Crippen molar-refractivity contribution in [2.24, 2.45) is 0 Å². The second-order valence-electron chi connectivity index (χ2n) is 1.63. The van der Waals surface area contributed by atoms with E-state index in [0.29, 0.717) is 0 Å². The minimum absolute atomic E-state index is 0.279. The Morgan fingerprint density at radius 1 is 1.60 bits per heavy atom. The monoisotopic (exact) mass is 206 g/mol. The molecule has 0 aromatic carbocycles. The summed E-state index contributed by atoms with van der Waals surface area (Å²) in [7, 11) is -7.60. The van der Waals surface area contributed by atoms with Gasteiger partial charge < -0.3 is 14.7 Å². The van der Waals surface area contributed by atoms with Crippen LogP contribution in [0.4, 0.5) is 0 Å². The molecular weight excluding hydrogens is 198 g/mol. The molecule has 62 valence electrons. The molecule has 0 spiro atoms. The lowest BCUT2D eigenvalue weighted by molar-refractivity contribution is 0.368. The maximum absolute atomic E-state index is 10.3. The third-order valence-corrected chi connectivity index (χ3v) is 5.30. The molecule has 0 rings (SSSR count). The first kappa shape index (κ1) is 10.7. The molecule has 0 aromatic rings. The molecule has 0 aliphatic carbocycles.